The van der Waals surface area contributed by atoms with Crippen LogP contribution in [0.2, 0.25) is 5.02 Å². The van der Waals surface area contributed by atoms with Crippen molar-refractivity contribution in [1.29, 1.82) is 0 Å². The molecule has 0 fully saturated rings. The van der Waals surface area contributed by atoms with E-state index in [9.17, 15) is 18.0 Å². The second kappa shape index (κ2) is 7.67. The van der Waals surface area contributed by atoms with Crippen LogP contribution < -0.4 is 4.31 Å². The molecule has 6 nitrogen and oxygen atoms in total. The van der Waals surface area contributed by atoms with Crippen molar-refractivity contribution in [2.24, 2.45) is 0 Å². The van der Waals surface area contributed by atoms with Gasteiger partial charge in [-0.25, -0.2) is 13.2 Å². The maximum absolute atomic E-state index is 12.1. The average Bonchev–Trinajstić information content (AvgIpc) is 2.58. The fourth-order valence-electron chi connectivity index (χ4n) is 1.93. The van der Waals surface area contributed by atoms with E-state index >= 15 is 0 Å². The molecule has 132 valence electrons. The first-order chi connectivity index (χ1) is 11.7. The third-order valence-corrected chi connectivity index (χ3v) is 4.92. The summed E-state index contributed by atoms with van der Waals surface area (Å²) in [4.78, 5) is 23.9. The van der Waals surface area contributed by atoms with Crippen LogP contribution in [0.15, 0.2) is 48.5 Å². The largest absolute Gasteiger partial charge is 0.454 e. The predicted molar refractivity (Wildman–Crippen MR) is 95.8 cm³/mol. The number of nitrogens with zero attached hydrogens (tertiary/aromatic N) is 1. The molecule has 0 radical (unpaired) electrons. The summed E-state index contributed by atoms with van der Waals surface area (Å²) >= 11 is 5.74. The van der Waals surface area contributed by atoms with Crippen molar-refractivity contribution in [2.75, 3.05) is 24.2 Å². The van der Waals surface area contributed by atoms with Gasteiger partial charge in [-0.15, -0.1) is 0 Å². The van der Waals surface area contributed by atoms with Crippen molar-refractivity contribution in [3.63, 3.8) is 0 Å². The number of sulfonamides is 1. The Labute approximate surface area is 151 Å². The van der Waals surface area contributed by atoms with Gasteiger partial charge in [-0.2, -0.15) is 0 Å². The number of halogens is 1. The molecule has 0 amide bonds. The molecule has 0 spiro atoms. The lowest BCUT2D eigenvalue weighted by Crippen LogP contribution is -2.24. The number of benzene rings is 2. The van der Waals surface area contributed by atoms with Crippen LogP contribution in [0.4, 0.5) is 5.69 Å². The van der Waals surface area contributed by atoms with E-state index in [-0.39, 0.29) is 0 Å². The summed E-state index contributed by atoms with van der Waals surface area (Å²) in [6.07, 6.45) is 1.09. The molecular formula is C17H16ClNO5S. The normalized spacial score (nSPS) is 11.0. The number of rotatable bonds is 6. The summed E-state index contributed by atoms with van der Waals surface area (Å²) in [5.41, 5.74) is 1.04. The Morgan fingerprint density at radius 3 is 2.04 bits per heavy atom. The molecule has 0 aliphatic carbocycles. The number of carbonyl (C=O) groups is 2. The summed E-state index contributed by atoms with van der Waals surface area (Å²) in [6.45, 7) is -0.414. The van der Waals surface area contributed by atoms with Gasteiger partial charge in [-0.1, -0.05) is 11.6 Å². The van der Waals surface area contributed by atoms with Crippen LogP contribution >= 0.6 is 11.6 Å². The second-order valence-corrected chi connectivity index (χ2v) is 7.73. The Balaban J connectivity index is 1.99. The Hall–Kier alpha value is -2.38. The minimum atomic E-state index is -3.37. The van der Waals surface area contributed by atoms with Crippen molar-refractivity contribution in [1.82, 2.24) is 0 Å². The van der Waals surface area contributed by atoms with E-state index in [0.29, 0.717) is 21.8 Å². The van der Waals surface area contributed by atoms with Crippen LogP contribution in [-0.2, 0) is 14.8 Å². The second-order valence-electron chi connectivity index (χ2n) is 5.28. The molecule has 0 saturated heterocycles. The monoisotopic (exact) mass is 381 g/mol. The van der Waals surface area contributed by atoms with Gasteiger partial charge in [0.2, 0.25) is 10.0 Å². The van der Waals surface area contributed by atoms with Crippen LogP contribution in [0, 0.1) is 0 Å². The van der Waals surface area contributed by atoms with Gasteiger partial charge in [-0.05, 0) is 48.5 Å². The number of ether oxygens (including phenoxy) is 1. The van der Waals surface area contributed by atoms with Crippen molar-refractivity contribution in [3.05, 3.63) is 64.7 Å². The topological polar surface area (TPSA) is 80.8 Å². The first-order valence-corrected chi connectivity index (χ1v) is 9.41. The lowest BCUT2D eigenvalue weighted by Gasteiger charge is -2.16. The molecule has 0 bridgehead atoms. The minimum absolute atomic E-state index is 0.294. The standard InChI is InChI=1S/C17H16ClNO5S/c1-19(25(2,22)23)15-9-5-12(6-10-15)16(20)11-24-17(21)13-3-7-14(18)8-4-13/h3-10H,11H2,1-2H3. The Bertz CT molecular complexity index is 876. The Kier molecular flexibility index (Phi) is 5.81. The summed E-state index contributed by atoms with van der Waals surface area (Å²) in [5.74, 6) is -1.02. The molecule has 0 unspecified atom stereocenters. The third kappa shape index (κ3) is 5.04. The molecule has 2 aromatic rings. The highest BCUT2D eigenvalue weighted by Gasteiger charge is 2.14. The molecule has 2 aromatic carbocycles. The predicted octanol–water partition coefficient (Wildman–Crippen LogP) is 2.78. The van der Waals surface area contributed by atoms with Crippen molar-refractivity contribution >= 4 is 39.1 Å². The quantitative estimate of drug-likeness (QED) is 0.567. The number of hydrogen-bond donors (Lipinski definition) is 0. The lowest BCUT2D eigenvalue weighted by atomic mass is 10.1. The van der Waals surface area contributed by atoms with E-state index in [1.165, 1.54) is 43.4 Å². The van der Waals surface area contributed by atoms with Gasteiger partial charge in [0.15, 0.2) is 12.4 Å². The van der Waals surface area contributed by atoms with E-state index in [0.717, 1.165) is 10.6 Å². The van der Waals surface area contributed by atoms with Crippen LogP contribution in [0.25, 0.3) is 0 Å². The molecule has 0 aliphatic rings. The number of esters is 1. The van der Waals surface area contributed by atoms with Gasteiger partial charge in [0, 0.05) is 17.6 Å². The molecule has 0 N–H and O–H groups in total. The smallest absolute Gasteiger partial charge is 0.338 e. The summed E-state index contributed by atoms with van der Waals surface area (Å²) in [5, 5.41) is 0.492. The summed E-state index contributed by atoms with van der Waals surface area (Å²) < 4.78 is 29.0. The van der Waals surface area contributed by atoms with E-state index in [1.54, 1.807) is 12.1 Å². The van der Waals surface area contributed by atoms with Crippen molar-refractivity contribution < 1.29 is 22.7 Å². The first kappa shape index (κ1) is 19.0. The zero-order valence-corrected chi connectivity index (χ0v) is 15.2. The van der Waals surface area contributed by atoms with Gasteiger partial charge in [-0.3, -0.25) is 9.10 Å². The molecule has 2 rings (SSSR count). The molecular weight excluding hydrogens is 366 g/mol. The van der Waals surface area contributed by atoms with Crippen molar-refractivity contribution in [2.45, 2.75) is 0 Å². The molecule has 25 heavy (non-hydrogen) atoms. The average molecular weight is 382 g/mol. The van der Waals surface area contributed by atoms with E-state index < -0.39 is 28.4 Å². The van der Waals surface area contributed by atoms with E-state index in [1.807, 2.05) is 0 Å². The van der Waals surface area contributed by atoms with E-state index in [2.05, 4.69) is 0 Å². The Morgan fingerprint density at radius 1 is 1.00 bits per heavy atom. The number of carbonyl (C=O) groups excluding carboxylic acids is 2. The van der Waals surface area contributed by atoms with Crippen LogP contribution in [0.1, 0.15) is 20.7 Å². The fraction of sp³-hybridized carbons (Fsp3) is 0.176. The van der Waals surface area contributed by atoms with Gasteiger partial charge >= 0.3 is 5.97 Å². The van der Waals surface area contributed by atoms with Crippen LogP contribution in [0.5, 0.6) is 0 Å². The lowest BCUT2D eigenvalue weighted by molar-refractivity contribution is 0.0475. The maximum Gasteiger partial charge on any atom is 0.338 e. The van der Waals surface area contributed by atoms with Gasteiger partial charge < -0.3 is 4.74 Å². The van der Waals surface area contributed by atoms with Crippen LogP contribution in [-0.4, -0.2) is 40.1 Å². The number of hydrogen-bond acceptors (Lipinski definition) is 5. The SMILES string of the molecule is CN(c1ccc(C(=O)COC(=O)c2ccc(Cl)cc2)cc1)S(C)(=O)=O. The van der Waals surface area contributed by atoms with Crippen molar-refractivity contribution in [3.8, 4) is 0 Å². The maximum atomic E-state index is 12.1. The first-order valence-electron chi connectivity index (χ1n) is 7.18. The summed E-state index contributed by atoms with van der Waals surface area (Å²) in [6, 6.07) is 12.1. The minimum Gasteiger partial charge on any atom is -0.454 e. The Morgan fingerprint density at radius 2 is 1.52 bits per heavy atom. The highest BCUT2D eigenvalue weighted by Crippen LogP contribution is 2.17. The molecule has 0 aromatic heterocycles. The van der Waals surface area contributed by atoms with E-state index in [4.69, 9.17) is 16.3 Å². The third-order valence-electron chi connectivity index (χ3n) is 3.46. The van der Waals surface area contributed by atoms with Gasteiger partial charge in [0.25, 0.3) is 0 Å². The number of ketones is 1. The molecule has 0 aliphatic heterocycles. The number of anilines is 1. The molecule has 8 heteroatoms. The highest BCUT2D eigenvalue weighted by atomic mass is 35.5. The zero-order chi connectivity index (χ0) is 18.6. The van der Waals surface area contributed by atoms with Gasteiger partial charge in [0.1, 0.15) is 0 Å². The number of Topliss-reactive ketones (excluding diaryl/α,β-unsaturated/α-hetero) is 1. The van der Waals surface area contributed by atoms with Crippen LogP contribution in [0.3, 0.4) is 0 Å². The highest BCUT2D eigenvalue weighted by molar-refractivity contribution is 7.92. The zero-order valence-electron chi connectivity index (χ0n) is 13.6. The van der Waals surface area contributed by atoms with Gasteiger partial charge in [0.05, 0.1) is 17.5 Å². The molecule has 0 atom stereocenters. The fourth-order valence-corrected chi connectivity index (χ4v) is 2.56. The summed E-state index contributed by atoms with van der Waals surface area (Å²) in [7, 11) is -1.96. The molecule has 0 heterocycles. The molecule has 0 saturated carbocycles.